The average Bonchev–Trinajstić information content (AvgIpc) is 2.57. The Morgan fingerprint density at radius 3 is 2.89 bits per heavy atom. The van der Waals surface area contributed by atoms with Crippen LogP contribution >= 0.6 is 0 Å². The molecule has 0 radical (unpaired) electrons. The number of nitrogens with one attached hydrogen (secondary N) is 1. The van der Waals surface area contributed by atoms with Crippen LogP contribution < -0.4 is 10.1 Å². The lowest BCUT2D eigenvalue weighted by Crippen LogP contribution is -2.16. The lowest BCUT2D eigenvalue weighted by Gasteiger charge is -2.02. The molecule has 0 aromatic heterocycles. The summed E-state index contributed by atoms with van der Waals surface area (Å²) in [6.07, 6.45) is 1.33. The van der Waals surface area contributed by atoms with Gasteiger partial charge in [-0.05, 0) is 30.7 Å². The molecule has 1 fully saturated rings. The maximum absolute atomic E-state index is 11.4. The van der Waals surface area contributed by atoms with Crippen LogP contribution in [0.5, 0.6) is 5.75 Å². The number of hydrogen-bond donors (Lipinski definition) is 1. The summed E-state index contributed by atoms with van der Waals surface area (Å²) in [7, 11) is 0. The van der Waals surface area contributed by atoms with Crippen molar-refractivity contribution in [2.75, 3.05) is 0 Å². The van der Waals surface area contributed by atoms with Gasteiger partial charge in [0.15, 0.2) is 6.23 Å². The first-order valence-corrected chi connectivity index (χ1v) is 5.52. The summed E-state index contributed by atoms with van der Waals surface area (Å²) in [5.74, 6) is -0.330. The molecule has 1 unspecified atom stereocenters. The third kappa shape index (κ3) is 2.88. The van der Waals surface area contributed by atoms with Crippen molar-refractivity contribution in [2.24, 2.45) is 0 Å². The fraction of sp³-hybridized carbons (Fsp3) is 0.231. The molecule has 1 aromatic carbocycles. The topological polar surface area (TPSA) is 64.6 Å². The highest BCUT2D eigenvalue weighted by molar-refractivity contribution is 5.94. The average molecular weight is 247 g/mol. The van der Waals surface area contributed by atoms with Gasteiger partial charge in [-0.1, -0.05) is 12.1 Å². The van der Waals surface area contributed by atoms with Gasteiger partial charge in [0.25, 0.3) is 0 Å². The molecule has 0 aliphatic carbocycles. The minimum Gasteiger partial charge on any atom is -0.437 e. The number of carbonyl (C=O) groups is 2. The Morgan fingerprint density at radius 1 is 1.50 bits per heavy atom. The molecule has 5 heteroatoms. The van der Waals surface area contributed by atoms with Gasteiger partial charge in [-0.3, -0.25) is 4.79 Å². The van der Waals surface area contributed by atoms with E-state index in [9.17, 15) is 9.59 Å². The molecule has 1 saturated heterocycles. The first kappa shape index (κ1) is 12.2. The van der Waals surface area contributed by atoms with Crippen molar-refractivity contribution in [3.8, 4) is 5.75 Å². The molecule has 0 saturated carbocycles. The van der Waals surface area contributed by atoms with E-state index >= 15 is 0 Å². The summed E-state index contributed by atoms with van der Waals surface area (Å²) < 4.78 is 9.90. The van der Waals surface area contributed by atoms with Crippen molar-refractivity contribution in [1.82, 2.24) is 5.32 Å². The van der Waals surface area contributed by atoms with E-state index in [4.69, 9.17) is 9.47 Å². The van der Waals surface area contributed by atoms with Crippen LogP contribution in [0.3, 0.4) is 0 Å². The maximum Gasteiger partial charge on any atom is 0.356 e. The maximum atomic E-state index is 11.4. The number of hydrogen-bond acceptors (Lipinski definition) is 5. The standard InChI is InChI=1S/C13H13NO4/c1-8-14-12(13(16)17-8)7-10-4-3-5-11(6-10)18-9(2)15/h3-8,14H,1-2H3/b12-7+. The van der Waals surface area contributed by atoms with Crippen LogP contribution in [-0.2, 0) is 14.3 Å². The molecular weight excluding hydrogens is 234 g/mol. The van der Waals surface area contributed by atoms with Crippen molar-refractivity contribution in [3.63, 3.8) is 0 Å². The van der Waals surface area contributed by atoms with E-state index < -0.39 is 0 Å². The van der Waals surface area contributed by atoms with Crippen LogP contribution in [0, 0.1) is 0 Å². The Morgan fingerprint density at radius 2 is 2.28 bits per heavy atom. The summed E-state index contributed by atoms with van der Waals surface area (Å²) in [5.41, 5.74) is 1.14. The van der Waals surface area contributed by atoms with Gasteiger partial charge in [-0.15, -0.1) is 0 Å². The zero-order valence-corrected chi connectivity index (χ0v) is 10.1. The molecule has 1 atom stereocenters. The molecule has 1 aliphatic rings. The zero-order valence-electron chi connectivity index (χ0n) is 10.1. The fourth-order valence-corrected chi connectivity index (χ4v) is 1.63. The highest BCUT2D eigenvalue weighted by Crippen LogP contribution is 2.18. The van der Waals surface area contributed by atoms with Crippen LogP contribution in [0.4, 0.5) is 0 Å². The molecule has 1 aliphatic heterocycles. The van der Waals surface area contributed by atoms with E-state index in [-0.39, 0.29) is 18.2 Å². The second-order valence-corrected chi connectivity index (χ2v) is 3.92. The van der Waals surface area contributed by atoms with Crippen molar-refractivity contribution in [1.29, 1.82) is 0 Å². The second-order valence-electron chi connectivity index (χ2n) is 3.92. The zero-order chi connectivity index (χ0) is 13.1. The normalized spacial score (nSPS) is 20.4. The Balaban J connectivity index is 2.21. The predicted octanol–water partition coefficient (Wildman–Crippen LogP) is 1.45. The molecular formula is C13H13NO4. The molecule has 94 valence electrons. The Bertz CT molecular complexity index is 521. The summed E-state index contributed by atoms with van der Waals surface area (Å²) >= 11 is 0. The quantitative estimate of drug-likeness (QED) is 0.486. The molecule has 1 N–H and O–H groups in total. The number of ether oxygens (including phenoxy) is 2. The monoisotopic (exact) mass is 247 g/mol. The van der Waals surface area contributed by atoms with Crippen molar-refractivity contribution < 1.29 is 19.1 Å². The summed E-state index contributed by atoms with van der Waals surface area (Å²) in [6, 6.07) is 6.89. The number of esters is 2. The minimum absolute atomic E-state index is 0.319. The molecule has 2 rings (SSSR count). The van der Waals surface area contributed by atoms with E-state index in [1.807, 2.05) is 0 Å². The highest BCUT2D eigenvalue weighted by atomic mass is 16.6. The van der Waals surface area contributed by atoms with Gasteiger partial charge in [0.05, 0.1) is 0 Å². The number of carbonyl (C=O) groups excluding carboxylic acids is 2. The molecule has 1 aromatic rings. The Kier molecular flexibility index (Phi) is 3.32. The van der Waals surface area contributed by atoms with Crippen molar-refractivity contribution in [2.45, 2.75) is 20.1 Å². The molecule has 0 amide bonds. The number of rotatable bonds is 2. The molecule has 18 heavy (non-hydrogen) atoms. The lowest BCUT2D eigenvalue weighted by molar-refractivity contribution is -0.138. The Labute approximate surface area is 104 Å². The third-order valence-corrected chi connectivity index (χ3v) is 2.29. The largest absolute Gasteiger partial charge is 0.437 e. The number of cyclic esters (lactones) is 1. The van der Waals surface area contributed by atoms with E-state index in [1.165, 1.54) is 6.92 Å². The van der Waals surface area contributed by atoms with Gasteiger partial charge in [0, 0.05) is 6.92 Å². The molecule has 0 spiro atoms. The Hall–Kier alpha value is -2.30. The summed E-state index contributed by atoms with van der Waals surface area (Å²) in [5, 5.41) is 2.89. The van der Waals surface area contributed by atoms with Crippen LogP contribution in [0.2, 0.25) is 0 Å². The van der Waals surface area contributed by atoms with Gasteiger partial charge in [-0.25, -0.2) is 4.79 Å². The van der Waals surface area contributed by atoms with Crippen molar-refractivity contribution in [3.05, 3.63) is 35.5 Å². The van der Waals surface area contributed by atoms with Gasteiger partial charge in [0.1, 0.15) is 11.4 Å². The molecule has 1 heterocycles. The molecule has 0 bridgehead atoms. The summed E-state index contributed by atoms with van der Waals surface area (Å²) in [4.78, 5) is 22.3. The van der Waals surface area contributed by atoms with Crippen LogP contribution in [-0.4, -0.2) is 18.2 Å². The van der Waals surface area contributed by atoms with E-state index in [1.54, 1.807) is 37.3 Å². The van der Waals surface area contributed by atoms with Gasteiger partial charge < -0.3 is 14.8 Å². The minimum atomic E-state index is -0.389. The first-order valence-electron chi connectivity index (χ1n) is 5.52. The smallest absolute Gasteiger partial charge is 0.356 e. The SMILES string of the molecule is CC(=O)Oc1cccc(/C=C2/NC(C)OC2=O)c1. The number of benzene rings is 1. The van der Waals surface area contributed by atoms with Gasteiger partial charge >= 0.3 is 11.9 Å². The van der Waals surface area contributed by atoms with Crippen molar-refractivity contribution >= 4 is 18.0 Å². The van der Waals surface area contributed by atoms with Crippen LogP contribution in [0.1, 0.15) is 19.4 Å². The predicted molar refractivity (Wildman–Crippen MR) is 64.4 cm³/mol. The van der Waals surface area contributed by atoms with E-state index in [0.29, 0.717) is 11.4 Å². The van der Waals surface area contributed by atoms with E-state index in [0.717, 1.165) is 5.56 Å². The third-order valence-electron chi connectivity index (χ3n) is 2.29. The summed E-state index contributed by atoms with van der Waals surface area (Å²) in [6.45, 7) is 3.08. The van der Waals surface area contributed by atoms with Crippen LogP contribution in [0.25, 0.3) is 6.08 Å². The lowest BCUT2D eigenvalue weighted by atomic mass is 10.2. The van der Waals surface area contributed by atoms with E-state index in [2.05, 4.69) is 5.32 Å². The fourth-order valence-electron chi connectivity index (χ4n) is 1.63. The van der Waals surface area contributed by atoms with Gasteiger partial charge in [-0.2, -0.15) is 0 Å². The first-order chi connectivity index (χ1) is 8.54. The van der Waals surface area contributed by atoms with Crippen LogP contribution in [0.15, 0.2) is 30.0 Å². The van der Waals surface area contributed by atoms with Gasteiger partial charge in [0.2, 0.25) is 0 Å². The second kappa shape index (κ2) is 4.91. The molecule has 5 nitrogen and oxygen atoms in total. The highest BCUT2D eigenvalue weighted by Gasteiger charge is 2.23.